The van der Waals surface area contributed by atoms with E-state index in [9.17, 15) is 9.59 Å². The van der Waals surface area contributed by atoms with Gasteiger partial charge in [0.25, 0.3) is 0 Å². The van der Waals surface area contributed by atoms with E-state index in [1.165, 1.54) is 0 Å². The summed E-state index contributed by atoms with van der Waals surface area (Å²) in [5.74, 6) is 0.698. The average Bonchev–Trinajstić information content (AvgIpc) is 2.30. The van der Waals surface area contributed by atoms with Gasteiger partial charge in [-0.3, -0.25) is 0 Å². The Kier molecular flexibility index (Phi) is 1.49. The summed E-state index contributed by atoms with van der Waals surface area (Å²) in [4.78, 5) is 21.8. The molecule has 2 aliphatic heterocycles. The molecule has 2 heterocycles. The second-order valence-corrected chi connectivity index (χ2v) is 3.54. The molecule has 0 aromatic heterocycles. The van der Waals surface area contributed by atoms with Crippen molar-refractivity contribution in [3.05, 3.63) is 11.1 Å². The molecule has 0 aliphatic carbocycles. The summed E-state index contributed by atoms with van der Waals surface area (Å²) >= 11 is 1.67. The summed E-state index contributed by atoms with van der Waals surface area (Å²) in [6, 6.07) is 0. The standard InChI is InChI=1S/C7H6O3S/c8-6-4-1-2-11-3-5(4)7(9)10-6/h1-3H2. The SMILES string of the molecule is O=C1OC(=O)C2=C1CCSC2. The molecule has 0 spiro atoms. The molecule has 0 saturated heterocycles. The van der Waals surface area contributed by atoms with Crippen LogP contribution in [0.15, 0.2) is 11.1 Å². The first-order valence-electron chi connectivity index (χ1n) is 3.35. The molecule has 0 bridgehead atoms. The lowest BCUT2D eigenvalue weighted by molar-refractivity contribution is -0.151. The van der Waals surface area contributed by atoms with Crippen LogP contribution in [0.2, 0.25) is 0 Å². The smallest absolute Gasteiger partial charge is 0.343 e. The van der Waals surface area contributed by atoms with Gasteiger partial charge in [-0.25, -0.2) is 9.59 Å². The molecule has 58 valence electrons. The van der Waals surface area contributed by atoms with Crippen molar-refractivity contribution in [3.63, 3.8) is 0 Å². The molecule has 11 heavy (non-hydrogen) atoms. The van der Waals surface area contributed by atoms with Crippen molar-refractivity contribution in [1.82, 2.24) is 0 Å². The van der Waals surface area contributed by atoms with E-state index in [1.807, 2.05) is 0 Å². The third kappa shape index (κ3) is 0.976. The first-order chi connectivity index (χ1) is 5.29. The highest BCUT2D eigenvalue weighted by atomic mass is 32.2. The first kappa shape index (κ1) is 6.91. The lowest BCUT2D eigenvalue weighted by Gasteiger charge is -2.07. The topological polar surface area (TPSA) is 43.4 Å². The molecule has 0 radical (unpaired) electrons. The number of rotatable bonds is 0. The maximum atomic E-state index is 10.9. The van der Waals surface area contributed by atoms with Gasteiger partial charge in [-0.2, -0.15) is 11.8 Å². The summed E-state index contributed by atoms with van der Waals surface area (Å²) in [7, 11) is 0. The van der Waals surface area contributed by atoms with Gasteiger partial charge in [-0.1, -0.05) is 0 Å². The van der Waals surface area contributed by atoms with Crippen LogP contribution >= 0.6 is 11.8 Å². The number of hydrogen-bond donors (Lipinski definition) is 0. The van der Waals surface area contributed by atoms with Crippen molar-refractivity contribution in [2.75, 3.05) is 11.5 Å². The molecule has 0 fully saturated rings. The highest BCUT2D eigenvalue weighted by molar-refractivity contribution is 7.99. The first-order valence-corrected chi connectivity index (χ1v) is 4.51. The van der Waals surface area contributed by atoms with Crippen LogP contribution in [-0.2, 0) is 14.3 Å². The molecule has 0 aromatic carbocycles. The van der Waals surface area contributed by atoms with Crippen molar-refractivity contribution >= 4 is 23.7 Å². The average molecular weight is 170 g/mol. The monoisotopic (exact) mass is 170 g/mol. The van der Waals surface area contributed by atoms with Gasteiger partial charge in [0.15, 0.2) is 0 Å². The van der Waals surface area contributed by atoms with E-state index in [2.05, 4.69) is 4.74 Å². The third-order valence-electron chi connectivity index (χ3n) is 1.79. The van der Waals surface area contributed by atoms with Gasteiger partial charge in [0.1, 0.15) is 0 Å². The quantitative estimate of drug-likeness (QED) is 0.392. The van der Waals surface area contributed by atoms with Gasteiger partial charge in [0.05, 0.1) is 5.57 Å². The van der Waals surface area contributed by atoms with Crippen LogP contribution < -0.4 is 0 Å². The number of carbonyl (C=O) groups excluding carboxylic acids is 2. The number of ether oxygens (including phenoxy) is 1. The number of thioether (sulfide) groups is 1. The molecule has 2 rings (SSSR count). The largest absolute Gasteiger partial charge is 0.386 e. The molecule has 2 aliphatic rings. The molecule has 0 N–H and O–H groups in total. The van der Waals surface area contributed by atoms with E-state index in [1.54, 1.807) is 11.8 Å². The van der Waals surface area contributed by atoms with Crippen LogP contribution in [-0.4, -0.2) is 23.4 Å². The van der Waals surface area contributed by atoms with E-state index in [-0.39, 0.29) is 0 Å². The van der Waals surface area contributed by atoms with Crippen LogP contribution in [0.4, 0.5) is 0 Å². The van der Waals surface area contributed by atoms with E-state index in [4.69, 9.17) is 0 Å². The van der Waals surface area contributed by atoms with Gasteiger partial charge >= 0.3 is 11.9 Å². The van der Waals surface area contributed by atoms with Crippen molar-refractivity contribution < 1.29 is 14.3 Å². The van der Waals surface area contributed by atoms with Crippen LogP contribution in [0, 0.1) is 0 Å². The van der Waals surface area contributed by atoms with Gasteiger partial charge in [0.2, 0.25) is 0 Å². The predicted octanol–water partition coefficient (Wildman–Crippen LogP) is 0.503. The third-order valence-corrected chi connectivity index (χ3v) is 2.77. The Bertz CT molecular complexity index is 241. The van der Waals surface area contributed by atoms with E-state index >= 15 is 0 Å². The van der Waals surface area contributed by atoms with E-state index in [0.717, 1.165) is 5.75 Å². The summed E-state index contributed by atoms with van der Waals surface area (Å²) in [6.45, 7) is 0. The molecular formula is C7H6O3S. The van der Waals surface area contributed by atoms with E-state index < -0.39 is 11.9 Å². The Morgan fingerprint density at radius 2 is 1.91 bits per heavy atom. The molecule has 3 nitrogen and oxygen atoms in total. The number of hydrogen-bond acceptors (Lipinski definition) is 4. The zero-order valence-electron chi connectivity index (χ0n) is 5.75. The fourth-order valence-corrected chi connectivity index (χ4v) is 2.19. The molecular weight excluding hydrogens is 164 g/mol. The molecule has 0 aromatic rings. The highest BCUT2D eigenvalue weighted by Crippen LogP contribution is 2.29. The summed E-state index contributed by atoms with van der Waals surface area (Å²) in [5.41, 5.74) is 1.19. The predicted molar refractivity (Wildman–Crippen MR) is 40.1 cm³/mol. The van der Waals surface area contributed by atoms with Crippen LogP contribution in [0.3, 0.4) is 0 Å². The summed E-state index contributed by atoms with van der Waals surface area (Å²) in [6.07, 6.45) is 0.685. The highest BCUT2D eigenvalue weighted by Gasteiger charge is 2.34. The summed E-state index contributed by atoms with van der Waals surface area (Å²) < 4.78 is 4.44. The maximum Gasteiger partial charge on any atom is 0.343 e. The fourth-order valence-electron chi connectivity index (χ4n) is 1.20. The lowest BCUT2D eigenvalue weighted by Crippen LogP contribution is -2.05. The number of carbonyl (C=O) groups is 2. The number of cyclic esters (lactones) is 2. The Balaban J connectivity index is 2.40. The second-order valence-electron chi connectivity index (χ2n) is 2.44. The Morgan fingerprint density at radius 3 is 2.64 bits per heavy atom. The van der Waals surface area contributed by atoms with Crippen LogP contribution in [0.1, 0.15) is 6.42 Å². The second kappa shape index (κ2) is 2.37. The van der Waals surface area contributed by atoms with Crippen molar-refractivity contribution in [2.24, 2.45) is 0 Å². The van der Waals surface area contributed by atoms with Gasteiger partial charge in [0, 0.05) is 11.3 Å². The minimum Gasteiger partial charge on any atom is -0.386 e. The molecule has 0 saturated carbocycles. The van der Waals surface area contributed by atoms with Crippen LogP contribution in [0.25, 0.3) is 0 Å². The van der Waals surface area contributed by atoms with Gasteiger partial charge < -0.3 is 4.74 Å². The molecule has 0 atom stereocenters. The maximum absolute atomic E-state index is 10.9. The minimum absolute atomic E-state index is 0.426. The van der Waals surface area contributed by atoms with Crippen molar-refractivity contribution in [2.45, 2.75) is 6.42 Å². The van der Waals surface area contributed by atoms with Gasteiger partial charge in [-0.15, -0.1) is 0 Å². The Hall–Kier alpha value is -0.770. The Labute approximate surface area is 67.8 Å². The Morgan fingerprint density at radius 1 is 1.18 bits per heavy atom. The lowest BCUT2D eigenvalue weighted by atomic mass is 10.1. The summed E-state index contributed by atoms with van der Waals surface area (Å²) in [5, 5.41) is 0. The molecule has 0 amide bonds. The molecule has 4 heteroatoms. The van der Waals surface area contributed by atoms with Gasteiger partial charge in [-0.05, 0) is 12.2 Å². The zero-order chi connectivity index (χ0) is 7.84. The number of esters is 2. The van der Waals surface area contributed by atoms with Crippen molar-refractivity contribution in [1.29, 1.82) is 0 Å². The normalized spacial score (nSPS) is 23.6. The fraction of sp³-hybridized carbons (Fsp3) is 0.429. The van der Waals surface area contributed by atoms with E-state index in [0.29, 0.717) is 23.3 Å². The minimum atomic E-state index is -0.433. The van der Waals surface area contributed by atoms with Crippen LogP contribution in [0.5, 0.6) is 0 Å². The zero-order valence-corrected chi connectivity index (χ0v) is 6.57. The van der Waals surface area contributed by atoms with Crippen molar-refractivity contribution in [3.8, 4) is 0 Å². The molecule has 0 unspecified atom stereocenters.